The summed E-state index contributed by atoms with van der Waals surface area (Å²) in [7, 11) is 0. The fourth-order valence-electron chi connectivity index (χ4n) is 2.95. The van der Waals surface area contributed by atoms with E-state index < -0.39 is 0 Å². The normalized spacial score (nSPS) is 10.9. The minimum Gasteiger partial charge on any atom is -0.298 e. The summed E-state index contributed by atoms with van der Waals surface area (Å²) in [4.78, 5) is 18.2. The SMILES string of the molecule is O=C(Nc1nc(-c2cccs2)cs1)c1ccc(-n2nnnc2SCc2ccccc2)cc1. The molecule has 0 aliphatic carbocycles. The molecule has 1 amide bonds. The summed E-state index contributed by atoms with van der Waals surface area (Å²) in [6.07, 6.45) is 0. The van der Waals surface area contributed by atoms with Gasteiger partial charge in [-0.2, -0.15) is 4.68 Å². The summed E-state index contributed by atoms with van der Waals surface area (Å²) in [6, 6.07) is 21.3. The molecule has 0 fully saturated rings. The summed E-state index contributed by atoms with van der Waals surface area (Å²) < 4.78 is 1.67. The smallest absolute Gasteiger partial charge is 0.257 e. The summed E-state index contributed by atoms with van der Waals surface area (Å²) in [6.45, 7) is 0. The number of nitrogens with one attached hydrogen (secondary N) is 1. The number of nitrogens with zero attached hydrogens (tertiary/aromatic N) is 5. The van der Waals surface area contributed by atoms with E-state index >= 15 is 0 Å². The fourth-order valence-corrected chi connectivity index (χ4v) is 5.26. The highest BCUT2D eigenvalue weighted by molar-refractivity contribution is 7.98. The van der Waals surface area contributed by atoms with Crippen molar-refractivity contribution in [3.8, 4) is 16.3 Å². The zero-order valence-corrected chi connectivity index (χ0v) is 19.0. The number of carbonyl (C=O) groups is 1. The van der Waals surface area contributed by atoms with Crippen LogP contribution in [0.4, 0.5) is 5.13 Å². The van der Waals surface area contributed by atoms with Gasteiger partial charge in [0.2, 0.25) is 5.16 Å². The molecule has 0 unspecified atom stereocenters. The van der Waals surface area contributed by atoms with E-state index in [9.17, 15) is 4.79 Å². The Morgan fingerprint density at radius 2 is 1.84 bits per heavy atom. The number of aromatic nitrogens is 5. The van der Waals surface area contributed by atoms with Crippen molar-refractivity contribution in [1.29, 1.82) is 0 Å². The molecule has 0 spiro atoms. The molecule has 5 aromatic rings. The van der Waals surface area contributed by atoms with Gasteiger partial charge >= 0.3 is 0 Å². The molecule has 5 rings (SSSR count). The lowest BCUT2D eigenvalue weighted by Gasteiger charge is -2.06. The Kier molecular flexibility index (Phi) is 6.06. The van der Waals surface area contributed by atoms with Gasteiger partial charge in [0.15, 0.2) is 5.13 Å². The van der Waals surface area contributed by atoms with Crippen LogP contribution in [0.3, 0.4) is 0 Å². The van der Waals surface area contributed by atoms with E-state index in [2.05, 4.69) is 38.0 Å². The average molecular weight is 477 g/mol. The summed E-state index contributed by atoms with van der Waals surface area (Å²) in [5, 5.41) is 20.1. The van der Waals surface area contributed by atoms with Crippen molar-refractivity contribution >= 4 is 45.5 Å². The molecule has 0 atom stereocenters. The first kappa shape index (κ1) is 20.6. The molecule has 3 aromatic heterocycles. The molecule has 0 saturated carbocycles. The number of hydrogen-bond donors (Lipinski definition) is 1. The second-order valence-corrected chi connectivity index (χ2v) is 9.41. The largest absolute Gasteiger partial charge is 0.298 e. The second kappa shape index (κ2) is 9.43. The Balaban J connectivity index is 1.25. The molecule has 2 aromatic carbocycles. The zero-order valence-electron chi connectivity index (χ0n) is 16.6. The molecule has 0 aliphatic heterocycles. The van der Waals surface area contributed by atoms with Crippen LogP contribution in [0, 0.1) is 0 Å². The van der Waals surface area contributed by atoms with Gasteiger partial charge in [0.25, 0.3) is 5.91 Å². The van der Waals surface area contributed by atoms with Crippen LogP contribution in [-0.2, 0) is 5.75 Å². The maximum atomic E-state index is 12.6. The van der Waals surface area contributed by atoms with Gasteiger partial charge in [-0.15, -0.1) is 27.8 Å². The topological polar surface area (TPSA) is 85.6 Å². The van der Waals surface area contributed by atoms with Crippen LogP contribution in [0.15, 0.2) is 82.6 Å². The minimum atomic E-state index is -0.209. The molecule has 0 bridgehead atoms. The van der Waals surface area contributed by atoms with Crippen LogP contribution in [0.2, 0.25) is 0 Å². The standard InChI is InChI=1S/C22H16N6OS3/c29-20(24-21-23-18(14-31-21)19-7-4-12-30-19)16-8-10-17(11-9-16)28-22(25-26-27-28)32-13-15-5-2-1-3-6-15/h1-12,14H,13H2,(H,23,24,29). The summed E-state index contributed by atoms with van der Waals surface area (Å²) >= 11 is 4.58. The Bertz CT molecular complexity index is 1310. The third-order valence-corrected chi connectivity index (χ3v) is 7.16. The number of hydrogen-bond acceptors (Lipinski definition) is 8. The molecular weight excluding hydrogens is 460 g/mol. The molecule has 32 heavy (non-hydrogen) atoms. The van der Waals surface area contributed by atoms with Crippen molar-refractivity contribution in [2.45, 2.75) is 10.9 Å². The van der Waals surface area contributed by atoms with Crippen molar-refractivity contribution in [2.24, 2.45) is 0 Å². The highest BCUT2D eigenvalue weighted by Gasteiger charge is 2.13. The summed E-state index contributed by atoms with van der Waals surface area (Å²) in [5.41, 5.74) is 3.39. The van der Waals surface area contributed by atoms with Gasteiger partial charge in [-0.25, -0.2) is 4.98 Å². The van der Waals surface area contributed by atoms with Gasteiger partial charge in [-0.05, 0) is 51.7 Å². The number of benzene rings is 2. The lowest BCUT2D eigenvalue weighted by Crippen LogP contribution is -2.12. The number of anilines is 1. The van der Waals surface area contributed by atoms with Gasteiger partial charge in [0.05, 0.1) is 16.3 Å². The van der Waals surface area contributed by atoms with E-state index in [1.807, 2.05) is 53.2 Å². The van der Waals surface area contributed by atoms with E-state index in [1.54, 1.807) is 39.9 Å². The van der Waals surface area contributed by atoms with E-state index in [4.69, 9.17) is 0 Å². The van der Waals surface area contributed by atoms with E-state index in [0.29, 0.717) is 15.9 Å². The Hall–Kier alpha value is -3.34. The van der Waals surface area contributed by atoms with Crippen molar-refractivity contribution in [1.82, 2.24) is 25.2 Å². The first-order chi connectivity index (χ1) is 15.8. The van der Waals surface area contributed by atoms with Gasteiger partial charge in [0, 0.05) is 16.7 Å². The minimum absolute atomic E-state index is 0.209. The number of carbonyl (C=O) groups excluding carboxylic acids is 1. The van der Waals surface area contributed by atoms with E-state index in [1.165, 1.54) is 16.9 Å². The Labute approximate surface area is 196 Å². The van der Waals surface area contributed by atoms with E-state index in [0.717, 1.165) is 22.0 Å². The van der Waals surface area contributed by atoms with Crippen LogP contribution in [0.5, 0.6) is 0 Å². The molecule has 0 aliphatic rings. The quantitative estimate of drug-likeness (QED) is 0.317. The van der Waals surface area contributed by atoms with Crippen LogP contribution in [0.25, 0.3) is 16.3 Å². The Morgan fingerprint density at radius 1 is 1.00 bits per heavy atom. The van der Waals surface area contributed by atoms with Gasteiger partial charge < -0.3 is 0 Å². The molecule has 0 saturated heterocycles. The maximum absolute atomic E-state index is 12.6. The van der Waals surface area contributed by atoms with E-state index in [-0.39, 0.29) is 5.91 Å². The Morgan fingerprint density at radius 3 is 2.62 bits per heavy atom. The van der Waals surface area contributed by atoms with Crippen molar-refractivity contribution in [3.63, 3.8) is 0 Å². The number of amides is 1. The zero-order chi connectivity index (χ0) is 21.8. The second-order valence-electron chi connectivity index (χ2n) is 6.66. The van der Waals surface area contributed by atoms with Gasteiger partial charge in [-0.1, -0.05) is 48.2 Å². The highest BCUT2D eigenvalue weighted by atomic mass is 32.2. The lowest BCUT2D eigenvalue weighted by atomic mass is 10.2. The molecule has 158 valence electrons. The fraction of sp³-hybridized carbons (Fsp3) is 0.0455. The third-order valence-electron chi connectivity index (χ3n) is 4.52. The van der Waals surface area contributed by atoms with Crippen molar-refractivity contribution in [2.75, 3.05) is 5.32 Å². The maximum Gasteiger partial charge on any atom is 0.257 e. The predicted octanol–water partition coefficient (Wildman–Crippen LogP) is 5.39. The van der Waals surface area contributed by atoms with Gasteiger partial charge in [0.1, 0.15) is 0 Å². The van der Waals surface area contributed by atoms with Crippen LogP contribution >= 0.6 is 34.4 Å². The average Bonchev–Trinajstić information content (AvgIpc) is 3.60. The number of thiophene rings is 1. The highest BCUT2D eigenvalue weighted by Crippen LogP contribution is 2.28. The van der Waals surface area contributed by atoms with Crippen LogP contribution < -0.4 is 5.32 Å². The van der Waals surface area contributed by atoms with Crippen LogP contribution in [0.1, 0.15) is 15.9 Å². The van der Waals surface area contributed by atoms with Gasteiger partial charge in [-0.3, -0.25) is 10.1 Å². The number of tetrazole rings is 1. The summed E-state index contributed by atoms with van der Waals surface area (Å²) in [5.74, 6) is 0.558. The number of thiazole rings is 1. The molecule has 10 heteroatoms. The molecule has 7 nitrogen and oxygen atoms in total. The number of rotatable bonds is 7. The lowest BCUT2D eigenvalue weighted by molar-refractivity contribution is 0.102. The third kappa shape index (κ3) is 4.62. The number of thioether (sulfide) groups is 1. The van der Waals surface area contributed by atoms with Crippen molar-refractivity contribution in [3.05, 3.63) is 88.6 Å². The first-order valence-corrected chi connectivity index (χ1v) is 12.4. The monoisotopic (exact) mass is 476 g/mol. The first-order valence-electron chi connectivity index (χ1n) is 9.62. The molecule has 0 radical (unpaired) electrons. The van der Waals surface area contributed by atoms with Crippen molar-refractivity contribution < 1.29 is 4.79 Å². The predicted molar refractivity (Wildman–Crippen MR) is 129 cm³/mol. The molecule has 1 N–H and O–H groups in total. The molecular formula is C22H16N6OS3. The van der Waals surface area contributed by atoms with Crippen LogP contribution in [-0.4, -0.2) is 31.1 Å². The molecule has 3 heterocycles.